The molecule has 2 N–H and O–H groups in total. The molecule has 1 aromatic rings. The second kappa shape index (κ2) is 4.82. The van der Waals surface area contributed by atoms with Gasteiger partial charge in [0.15, 0.2) is 5.13 Å². The maximum atomic E-state index is 6.18. The van der Waals surface area contributed by atoms with Gasteiger partial charge < -0.3 is 10.6 Å². The van der Waals surface area contributed by atoms with E-state index in [2.05, 4.69) is 18.7 Å². The number of nitrogens with zero attached hydrogens (tertiary/aromatic N) is 2. The lowest BCUT2D eigenvalue weighted by molar-refractivity contribution is 0.271. The molecular formula is C14H23N3S. The smallest absolute Gasteiger partial charge is 0.186 e. The monoisotopic (exact) mass is 265 g/mol. The van der Waals surface area contributed by atoms with Crippen LogP contribution in [0.1, 0.15) is 49.6 Å². The Kier molecular flexibility index (Phi) is 3.32. The number of nitrogens with two attached hydrogens (primary N) is 1. The second-order valence-corrected chi connectivity index (χ2v) is 6.91. The molecule has 3 heterocycles. The molecule has 0 saturated carbocycles. The van der Waals surface area contributed by atoms with Crippen LogP contribution >= 0.6 is 11.3 Å². The number of aromatic nitrogens is 1. The Bertz CT molecular complexity index is 415. The number of hydrogen-bond acceptors (Lipinski definition) is 4. The van der Waals surface area contributed by atoms with Crippen LogP contribution < -0.4 is 10.6 Å². The van der Waals surface area contributed by atoms with Gasteiger partial charge >= 0.3 is 0 Å². The molecule has 100 valence electrons. The van der Waals surface area contributed by atoms with Crippen LogP contribution in [0.4, 0.5) is 5.13 Å². The quantitative estimate of drug-likeness (QED) is 0.894. The van der Waals surface area contributed by atoms with Gasteiger partial charge in [-0.25, -0.2) is 4.98 Å². The maximum absolute atomic E-state index is 6.18. The first-order valence-electron chi connectivity index (χ1n) is 7.19. The number of thiazole rings is 1. The molecule has 2 aliphatic rings. The summed E-state index contributed by atoms with van der Waals surface area (Å²) in [6.07, 6.45) is 7.30. The summed E-state index contributed by atoms with van der Waals surface area (Å²) in [4.78, 5) is 8.85. The fraction of sp³-hybridized carbons (Fsp3) is 0.786. The Labute approximate surface area is 113 Å². The number of fused-ring (bicyclic) bond motifs is 2. The average molecular weight is 265 g/mol. The Morgan fingerprint density at radius 1 is 1.33 bits per heavy atom. The van der Waals surface area contributed by atoms with E-state index in [0.717, 1.165) is 19.3 Å². The van der Waals surface area contributed by atoms with Gasteiger partial charge in [0.1, 0.15) is 0 Å². The van der Waals surface area contributed by atoms with Crippen LogP contribution in [0.25, 0.3) is 0 Å². The molecule has 0 aromatic carbocycles. The van der Waals surface area contributed by atoms with E-state index in [1.54, 1.807) is 0 Å². The molecule has 0 amide bonds. The molecule has 0 radical (unpaired) electrons. The summed E-state index contributed by atoms with van der Waals surface area (Å²) in [5.41, 5.74) is 7.46. The minimum Gasteiger partial charge on any atom is -0.342 e. The van der Waals surface area contributed by atoms with Crippen molar-refractivity contribution in [2.75, 3.05) is 4.90 Å². The van der Waals surface area contributed by atoms with Gasteiger partial charge in [-0.3, -0.25) is 0 Å². The lowest BCUT2D eigenvalue weighted by Gasteiger charge is -2.48. The third-order valence-electron chi connectivity index (χ3n) is 4.45. The molecule has 0 spiro atoms. The highest BCUT2D eigenvalue weighted by atomic mass is 32.1. The Morgan fingerprint density at radius 2 is 2.00 bits per heavy atom. The van der Waals surface area contributed by atoms with E-state index < -0.39 is 0 Å². The minimum atomic E-state index is 0.406. The van der Waals surface area contributed by atoms with Crippen molar-refractivity contribution in [3.63, 3.8) is 0 Å². The zero-order chi connectivity index (χ0) is 12.7. The first-order chi connectivity index (χ1) is 8.69. The molecule has 3 nitrogen and oxygen atoms in total. The van der Waals surface area contributed by atoms with Crippen LogP contribution in [-0.2, 0) is 6.42 Å². The van der Waals surface area contributed by atoms with Gasteiger partial charge in [0.25, 0.3) is 0 Å². The highest BCUT2D eigenvalue weighted by Gasteiger charge is 2.38. The van der Waals surface area contributed by atoms with Crippen LogP contribution in [0.2, 0.25) is 0 Å². The largest absolute Gasteiger partial charge is 0.342 e. The summed E-state index contributed by atoms with van der Waals surface area (Å²) in [6, 6.07) is 1.69. The molecule has 2 atom stereocenters. The van der Waals surface area contributed by atoms with Gasteiger partial charge in [-0.05, 0) is 45.4 Å². The second-order valence-electron chi connectivity index (χ2n) is 5.73. The molecule has 2 aliphatic heterocycles. The summed E-state index contributed by atoms with van der Waals surface area (Å²) in [5, 5.41) is 1.26. The number of hydrogen-bond donors (Lipinski definition) is 1. The third kappa shape index (κ3) is 2.05. The maximum Gasteiger partial charge on any atom is 0.186 e. The SMILES string of the molecule is CCc1nc(N2C3CCCC2CC(N)C3)sc1C. The predicted molar refractivity (Wildman–Crippen MR) is 77.3 cm³/mol. The number of aryl methyl sites for hydroxylation is 2. The highest BCUT2D eigenvalue weighted by molar-refractivity contribution is 7.15. The molecule has 18 heavy (non-hydrogen) atoms. The zero-order valence-electron chi connectivity index (χ0n) is 11.4. The summed E-state index contributed by atoms with van der Waals surface area (Å²) in [5.74, 6) is 0. The van der Waals surface area contributed by atoms with Crippen LogP contribution in [0.5, 0.6) is 0 Å². The van der Waals surface area contributed by atoms with E-state index in [9.17, 15) is 0 Å². The molecule has 3 rings (SSSR count). The van der Waals surface area contributed by atoms with E-state index >= 15 is 0 Å². The molecule has 4 heteroatoms. The van der Waals surface area contributed by atoms with Crippen LogP contribution in [0, 0.1) is 6.92 Å². The fourth-order valence-corrected chi connectivity index (χ4v) is 4.73. The van der Waals surface area contributed by atoms with Crippen LogP contribution in [0.3, 0.4) is 0 Å². The summed E-state index contributed by atoms with van der Waals surface area (Å²) in [6.45, 7) is 4.39. The van der Waals surface area contributed by atoms with Crippen molar-refractivity contribution >= 4 is 16.5 Å². The number of piperidine rings is 2. The first-order valence-corrected chi connectivity index (χ1v) is 8.01. The molecule has 2 bridgehead atoms. The van der Waals surface area contributed by atoms with Gasteiger partial charge in [0.05, 0.1) is 5.69 Å². The van der Waals surface area contributed by atoms with Crippen molar-refractivity contribution in [2.24, 2.45) is 5.73 Å². The topological polar surface area (TPSA) is 42.2 Å². The van der Waals surface area contributed by atoms with Gasteiger partial charge in [0, 0.05) is 23.0 Å². The Morgan fingerprint density at radius 3 is 2.56 bits per heavy atom. The average Bonchev–Trinajstić information content (AvgIpc) is 2.69. The zero-order valence-corrected chi connectivity index (χ0v) is 12.2. The normalized spacial score (nSPS) is 31.7. The number of anilines is 1. The molecule has 2 saturated heterocycles. The Hall–Kier alpha value is -0.610. The van der Waals surface area contributed by atoms with E-state index in [1.807, 2.05) is 11.3 Å². The van der Waals surface area contributed by atoms with Gasteiger partial charge in [-0.2, -0.15) is 0 Å². The molecular weight excluding hydrogens is 242 g/mol. The van der Waals surface area contributed by atoms with Crippen molar-refractivity contribution in [2.45, 2.75) is 70.5 Å². The van der Waals surface area contributed by atoms with Gasteiger partial charge in [-0.1, -0.05) is 6.92 Å². The lowest BCUT2D eigenvalue weighted by Crippen LogP contribution is -2.55. The van der Waals surface area contributed by atoms with Crippen molar-refractivity contribution in [1.82, 2.24) is 4.98 Å². The number of rotatable bonds is 2. The van der Waals surface area contributed by atoms with Crippen molar-refractivity contribution in [1.29, 1.82) is 0 Å². The van der Waals surface area contributed by atoms with Crippen molar-refractivity contribution in [3.8, 4) is 0 Å². The van der Waals surface area contributed by atoms with E-state index in [0.29, 0.717) is 18.1 Å². The minimum absolute atomic E-state index is 0.406. The highest BCUT2D eigenvalue weighted by Crippen LogP contribution is 2.39. The van der Waals surface area contributed by atoms with Gasteiger partial charge in [0.2, 0.25) is 0 Å². The van der Waals surface area contributed by atoms with E-state index in [-0.39, 0.29) is 0 Å². The summed E-state index contributed by atoms with van der Waals surface area (Å²) in [7, 11) is 0. The van der Waals surface area contributed by atoms with E-state index in [4.69, 9.17) is 10.7 Å². The van der Waals surface area contributed by atoms with E-state index in [1.165, 1.54) is 35.0 Å². The first kappa shape index (κ1) is 12.4. The molecule has 2 unspecified atom stereocenters. The fourth-order valence-electron chi connectivity index (χ4n) is 3.59. The summed E-state index contributed by atoms with van der Waals surface area (Å²) < 4.78 is 0. The molecule has 0 aliphatic carbocycles. The standard InChI is InChI=1S/C14H23N3S/c1-3-13-9(2)18-14(16-13)17-11-5-4-6-12(17)8-10(15)7-11/h10-12H,3-8,15H2,1-2H3. The van der Waals surface area contributed by atoms with Crippen LogP contribution in [0.15, 0.2) is 0 Å². The molecule has 1 aromatic heterocycles. The van der Waals surface area contributed by atoms with Crippen LogP contribution in [-0.4, -0.2) is 23.1 Å². The Balaban J connectivity index is 1.90. The lowest BCUT2D eigenvalue weighted by atomic mass is 9.82. The summed E-state index contributed by atoms with van der Waals surface area (Å²) >= 11 is 1.88. The molecule has 2 fully saturated rings. The van der Waals surface area contributed by atoms with Gasteiger partial charge in [-0.15, -0.1) is 11.3 Å². The van der Waals surface area contributed by atoms with Crippen molar-refractivity contribution in [3.05, 3.63) is 10.6 Å². The van der Waals surface area contributed by atoms with Crippen molar-refractivity contribution < 1.29 is 0 Å². The predicted octanol–water partition coefficient (Wildman–Crippen LogP) is 2.86. The third-order valence-corrected chi connectivity index (χ3v) is 5.47.